The van der Waals surface area contributed by atoms with Gasteiger partial charge in [-0.05, 0) is 107 Å². The van der Waals surface area contributed by atoms with Crippen LogP contribution in [0, 0.1) is 0 Å². The number of nitrogens with one attached hydrogen (secondary N) is 3. The lowest BCUT2D eigenvalue weighted by atomic mass is 9.98. The Morgan fingerprint density at radius 1 is 0.718 bits per heavy atom. The zero-order chi connectivity index (χ0) is 27.6. The quantitative estimate of drug-likeness (QED) is 0.0645. The summed E-state index contributed by atoms with van der Waals surface area (Å²) in [6, 6.07) is 19.7. The first-order valence-electron chi connectivity index (χ1n) is 13.9. The van der Waals surface area contributed by atoms with Gasteiger partial charge in [-0.15, -0.1) is 0 Å². The molecule has 1 amide bonds. The molecule has 8 nitrogen and oxygen atoms in total. The molecule has 0 saturated carbocycles. The summed E-state index contributed by atoms with van der Waals surface area (Å²) in [5, 5.41) is 13.2. The van der Waals surface area contributed by atoms with Gasteiger partial charge in [-0.3, -0.25) is 4.79 Å². The Morgan fingerprint density at radius 2 is 1.33 bits per heavy atom. The highest BCUT2D eigenvalue weighted by Crippen LogP contribution is 2.33. The molecule has 4 aromatic rings. The molecular formula is C31H42N7O+. The number of amides is 1. The number of nitrogens with zero attached hydrogens (tertiary/aromatic N) is 1. The van der Waals surface area contributed by atoms with Gasteiger partial charge in [0.1, 0.15) is 7.05 Å². The van der Waals surface area contributed by atoms with E-state index in [2.05, 4.69) is 32.7 Å². The number of nitrogens with two attached hydrogens (primary N) is 3. The number of rotatable bonds is 14. The van der Waals surface area contributed by atoms with Crippen molar-refractivity contribution in [3.63, 3.8) is 0 Å². The molecule has 0 saturated heterocycles. The van der Waals surface area contributed by atoms with E-state index in [0.29, 0.717) is 23.5 Å². The van der Waals surface area contributed by atoms with E-state index in [0.717, 1.165) is 91.3 Å². The first-order chi connectivity index (χ1) is 19.0. The smallest absolute Gasteiger partial charge is 0.251 e. The number of aryl methyl sites for hydroxylation is 1. The monoisotopic (exact) mass is 528 g/mol. The van der Waals surface area contributed by atoms with Crippen molar-refractivity contribution in [1.82, 2.24) is 16.0 Å². The van der Waals surface area contributed by atoms with E-state index >= 15 is 0 Å². The van der Waals surface area contributed by atoms with Crippen molar-refractivity contribution < 1.29 is 9.36 Å². The van der Waals surface area contributed by atoms with Crippen LogP contribution in [0.5, 0.6) is 0 Å². The van der Waals surface area contributed by atoms with Gasteiger partial charge in [-0.1, -0.05) is 6.07 Å². The minimum atomic E-state index is -0.0603. The van der Waals surface area contributed by atoms with Crippen LogP contribution in [0.15, 0.2) is 60.7 Å². The largest absolute Gasteiger partial charge is 0.399 e. The number of fused-ring (bicyclic) bond motifs is 3. The average Bonchev–Trinajstić information content (AvgIpc) is 2.94. The second-order valence-corrected chi connectivity index (χ2v) is 10.0. The van der Waals surface area contributed by atoms with Crippen molar-refractivity contribution in [3.8, 4) is 11.3 Å². The highest BCUT2D eigenvalue weighted by atomic mass is 16.1. The number of unbranched alkanes of at least 4 members (excludes halogenated alkanes) is 1. The second kappa shape index (κ2) is 13.9. The first-order valence-corrected chi connectivity index (χ1v) is 13.9. The van der Waals surface area contributed by atoms with E-state index in [1.165, 1.54) is 0 Å². The molecule has 1 aromatic heterocycles. The average molecular weight is 529 g/mol. The van der Waals surface area contributed by atoms with E-state index in [9.17, 15) is 4.79 Å². The molecular weight excluding hydrogens is 486 g/mol. The number of carbonyl (C=O) groups excluding carboxylic acids is 1. The van der Waals surface area contributed by atoms with Crippen molar-refractivity contribution in [2.45, 2.75) is 25.7 Å². The summed E-state index contributed by atoms with van der Waals surface area (Å²) in [6.07, 6.45) is 4.21. The highest BCUT2D eigenvalue weighted by Gasteiger charge is 2.21. The summed E-state index contributed by atoms with van der Waals surface area (Å²) >= 11 is 0. The van der Waals surface area contributed by atoms with Gasteiger partial charge in [0.25, 0.3) is 5.91 Å². The van der Waals surface area contributed by atoms with Crippen molar-refractivity contribution in [2.75, 3.05) is 50.7 Å². The molecule has 206 valence electrons. The van der Waals surface area contributed by atoms with Crippen LogP contribution >= 0.6 is 0 Å². The van der Waals surface area contributed by atoms with Gasteiger partial charge < -0.3 is 33.2 Å². The molecule has 0 fully saturated rings. The Labute approximate surface area is 230 Å². The third kappa shape index (κ3) is 7.23. The van der Waals surface area contributed by atoms with Gasteiger partial charge in [0.05, 0.1) is 10.8 Å². The molecule has 39 heavy (non-hydrogen) atoms. The molecule has 4 rings (SSSR count). The summed E-state index contributed by atoms with van der Waals surface area (Å²) < 4.78 is 2.15. The Morgan fingerprint density at radius 3 is 2.03 bits per heavy atom. The molecule has 0 radical (unpaired) electrons. The van der Waals surface area contributed by atoms with Crippen molar-refractivity contribution in [3.05, 3.63) is 66.2 Å². The molecule has 9 N–H and O–H groups in total. The number of carbonyl (C=O) groups is 1. The maximum absolute atomic E-state index is 12.7. The molecule has 0 aliphatic rings. The summed E-state index contributed by atoms with van der Waals surface area (Å²) in [5.74, 6) is -0.0603. The number of aromatic nitrogens is 1. The van der Waals surface area contributed by atoms with Crippen LogP contribution in [0.4, 0.5) is 11.4 Å². The zero-order valence-electron chi connectivity index (χ0n) is 22.9. The fraction of sp³-hybridized carbons (Fsp3) is 0.355. The van der Waals surface area contributed by atoms with Crippen molar-refractivity contribution in [2.24, 2.45) is 12.8 Å². The minimum absolute atomic E-state index is 0.0603. The summed E-state index contributed by atoms with van der Waals surface area (Å²) in [5.41, 5.74) is 22.9. The van der Waals surface area contributed by atoms with Crippen LogP contribution in [0.3, 0.4) is 0 Å². The first kappa shape index (κ1) is 28.3. The second-order valence-electron chi connectivity index (χ2n) is 10.0. The van der Waals surface area contributed by atoms with Crippen LogP contribution in [0.2, 0.25) is 0 Å². The number of benzene rings is 3. The van der Waals surface area contributed by atoms with Crippen molar-refractivity contribution >= 4 is 39.0 Å². The van der Waals surface area contributed by atoms with Gasteiger partial charge in [0, 0.05) is 40.5 Å². The SMILES string of the molecule is C[n+]1c(-c2ccc(C(=O)NCCCNCCCCNCCCN)cc2)c2cc(N)ccc2c2ccc(N)cc21. The van der Waals surface area contributed by atoms with E-state index in [4.69, 9.17) is 17.2 Å². The predicted molar refractivity (Wildman–Crippen MR) is 162 cm³/mol. The number of hydrogen-bond acceptors (Lipinski definition) is 6. The Balaban J connectivity index is 1.34. The molecule has 0 spiro atoms. The number of hydrogen-bond donors (Lipinski definition) is 6. The maximum Gasteiger partial charge on any atom is 0.251 e. The topological polar surface area (TPSA) is 135 Å². The molecule has 0 unspecified atom stereocenters. The third-order valence-corrected chi connectivity index (χ3v) is 7.06. The van der Waals surface area contributed by atoms with Gasteiger partial charge >= 0.3 is 0 Å². The number of anilines is 2. The summed E-state index contributed by atoms with van der Waals surface area (Å²) in [4.78, 5) is 12.7. The minimum Gasteiger partial charge on any atom is -0.399 e. The predicted octanol–water partition coefficient (Wildman–Crippen LogP) is 3.08. The Bertz CT molecular complexity index is 1400. The van der Waals surface area contributed by atoms with Gasteiger partial charge in [-0.2, -0.15) is 4.57 Å². The number of pyridine rings is 1. The van der Waals surface area contributed by atoms with Gasteiger partial charge in [0.15, 0.2) is 0 Å². The summed E-state index contributed by atoms with van der Waals surface area (Å²) in [6.45, 7) is 5.29. The highest BCUT2D eigenvalue weighted by molar-refractivity contribution is 6.10. The Kier molecular flexibility index (Phi) is 10.1. The molecule has 0 aliphatic heterocycles. The van der Waals surface area contributed by atoms with Crippen molar-refractivity contribution in [1.29, 1.82) is 0 Å². The summed E-state index contributed by atoms with van der Waals surface area (Å²) in [7, 11) is 2.04. The fourth-order valence-electron chi connectivity index (χ4n) is 4.97. The van der Waals surface area contributed by atoms with Crippen LogP contribution in [-0.2, 0) is 7.05 Å². The Hall–Kier alpha value is -3.72. The molecule has 0 bridgehead atoms. The van der Waals surface area contributed by atoms with Gasteiger partial charge in [0.2, 0.25) is 11.2 Å². The van der Waals surface area contributed by atoms with E-state index in [1.807, 2.05) is 55.6 Å². The number of nitrogen functional groups attached to an aromatic ring is 2. The lowest BCUT2D eigenvalue weighted by molar-refractivity contribution is -0.632. The molecule has 0 aliphatic carbocycles. The molecule has 1 heterocycles. The normalized spacial score (nSPS) is 11.3. The van der Waals surface area contributed by atoms with E-state index in [1.54, 1.807) is 0 Å². The van der Waals surface area contributed by atoms with E-state index < -0.39 is 0 Å². The molecule has 0 atom stereocenters. The maximum atomic E-state index is 12.7. The lowest BCUT2D eigenvalue weighted by Crippen LogP contribution is -2.32. The zero-order valence-corrected chi connectivity index (χ0v) is 22.9. The van der Waals surface area contributed by atoms with Crippen LogP contribution < -0.4 is 37.7 Å². The third-order valence-electron chi connectivity index (χ3n) is 7.06. The van der Waals surface area contributed by atoms with E-state index in [-0.39, 0.29) is 5.91 Å². The van der Waals surface area contributed by atoms with Crippen LogP contribution in [0.25, 0.3) is 32.9 Å². The van der Waals surface area contributed by atoms with Gasteiger partial charge in [-0.25, -0.2) is 0 Å². The van der Waals surface area contributed by atoms with Crippen LogP contribution in [0.1, 0.15) is 36.0 Å². The molecule has 3 aromatic carbocycles. The fourth-order valence-corrected chi connectivity index (χ4v) is 4.97. The standard InChI is InChI=1S/C31H41N7O/c1-38-29-21-25(34)11-13-27(29)26-12-10-24(33)20-28(26)30(38)22-6-8-23(9-7-22)31(39)37-19-5-18-36-16-3-2-15-35-17-4-14-32/h6-13,20-21,34-36H,2-5,14-19,32H2,1H3,(H3,33,37,39)/p+1. The lowest BCUT2D eigenvalue weighted by Gasteiger charge is -2.11. The molecule has 8 heteroatoms. The van der Waals surface area contributed by atoms with Crippen LogP contribution in [-0.4, -0.2) is 45.2 Å².